The van der Waals surface area contributed by atoms with Crippen molar-refractivity contribution in [3.05, 3.63) is 109 Å². The molecular formula is C77H134O16P2. The molecule has 0 aromatic carbocycles. The van der Waals surface area contributed by atoms with E-state index in [9.17, 15) is 43.5 Å². The van der Waals surface area contributed by atoms with Crippen LogP contribution in [0.15, 0.2) is 109 Å². The Kier molecular flexibility index (Phi) is 67.3. The Bertz CT molecular complexity index is 2170. The lowest BCUT2D eigenvalue weighted by molar-refractivity contribution is -0.161. The fraction of sp³-hybridized carbons (Fsp3) is 0.727. The minimum atomic E-state index is -4.93. The van der Waals surface area contributed by atoms with E-state index in [4.69, 9.17) is 32.3 Å². The summed E-state index contributed by atoms with van der Waals surface area (Å²) in [5.74, 6) is -1.60. The van der Waals surface area contributed by atoms with Gasteiger partial charge in [0, 0.05) is 19.3 Å². The summed E-state index contributed by atoms with van der Waals surface area (Å²) in [4.78, 5) is 58.5. The number of aliphatic hydroxyl groups is 2. The molecule has 0 rings (SSSR count). The van der Waals surface area contributed by atoms with Gasteiger partial charge in [-0.15, -0.1) is 0 Å². The number of ether oxygens (including phenoxy) is 3. The van der Waals surface area contributed by atoms with Crippen LogP contribution in [0.5, 0.6) is 0 Å². The second kappa shape index (κ2) is 70.1. The number of esters is 3. The standard InChI is InChI=1S/C77H134O16P2/c1-4-7-10-13-16-19-22-25-28-30-32-34-35-37-39-40-43-45-48-51-54-57-60-63-75(80)87-66-72(78)67-89-94(83,84)90-68-73(79)69-91-95(85,86)92-71-74(93-77(82)65-62-59-56-53-50-47-42-27-24-21-18-15-12-9-6-3)70-88-76(81)64-61-58-55-52-49-46-44-41-38-36-33-31-29-26-23-20-17-14-11-8-5-2/h8,11,16-17,19-20,25-26,28-29,32-34,36-37,39,41,44,72-74,78-79H,4-7,9-10,12-15,18,21-24,27,30-31,35,38,40,42-43,45-71H2,1-3H3,(H,83,84)(H,85,86)/b11-8-,19-16-,20-17-,28-25-,29-26-,34-32-,36-33-,39-37-,44-41-. The van der Waals surface area contributed by atoms with Gasteiger partial charge in [-0.3, -0.25) is 32.5 Å². The molecule has 5 atom stereocenters. The first kappa shape index (κ1) is 91.2. The molecule has 4 N–H and O–H groups in total. The number of unbranched alkanes of at least 4 members (excludes halogenated alkanes) is 29. The van der Waals surface area contributed by atoms with E-state index >= 15 is 0 Å². The SMILES string of the molecule is CC/C=C\C/C=C\C/C=C\C/C=C\C/C=C\CCCCCCCC(=O)OCC(COP(=O)(O)OCC(O)COP(=O)(O)OCC(O)COC(=O)CCCCCCCCC/C=C\C/C=C\C/C=C\C/C=C\CCCCC)OC(=O)CCCCCCCCCCCCCCCCC. The number of hydrogen-bond donors (Lipinski definition) is 4. The lowest BCUT2D eigenvalue weighted by Crippen LogP contribution is -2.30. The summed E-state index contributed by atoms with van der Waals surface area (Å²) >= 11 is 0. The van der Waals surface area contributed by atoms with Gasteiger partial charge in [-0.25, -0.2) is 9.13 Å². The number of rotatable bonds is 70. The van der Waals surface area contributed by atoms with Crippen molar-refractivity contribution in [3.8, 4) is 0 Å². The maximum atomic E-state index is 13.0. The third kappa shape index (κ3) is 71.3. The number of phosphoric acid groups is 2. The summed E-state index contributed by atoms with van der Waals surface area (Å²) in [5.41, 5.74) is 0. The number of allylic oxidation sites excluding steroid dienone is 18. The average molecular weight is 1380 g/mol. The summed E-state index contributed by atoms with van der Waals surface area (Å²) in [6.07, 6.45) is 79.8. The van der Waals surface area contributed by atoms with E-state index in [-0.39, 0.29) is 19.3 Å². The molecule has 0 aromatic rings. The Balaban J connectivity index is 4.65. The average Bonchev–Trinajstić information content (AvgIpc) is 2.15. The number of phosphoric ester groups is 2. The van der Waals surface area contributed by atoms with Crippen LogP contribution in [0.1, 0.15) is 303 Å². The molecule has 18 heteroatoms. The van der Waals surface area contributed by atoms with E-state index in [1.807, 2.05) is 0 Å². The molecule has 0 amide bonds. The molecule has 548 valence electrons. The van der Waals surface area contributed by atoms with E-state index in [0.717, 1.165) is 154 Å². The van der Waals surface area contributed by atoms with E-state index in [1.165, 1.54) is 89.9 Å². The van der Waals surface area contributed by atoms with Crippen LogP contribution < -0.4 is 0 Å². The Hall–Kier alpha value is -3.79. The summed E-state index contributed by atoms with van der Waals surface area (Å²) in [6, 6.07) is 0. The minimum absolute atomic E-state index is 0.101. The van der Waals surface area contributed by atoms with Gasteiger partial charge in [-0.05, 0) is 109 Å². The van der Waals surface area contributed by atoms with Gasteiger partial charge in [0.2, 0.25) is 0 Å². The van der Waals surface area contributed by atoms with Gasteiger partial charge in [0.05, 0.1) is 26.4 Å². The van der Waals surface area contributed by atoms with E-state index in [2.05, 4.69) is 130 Å². The Morgan fingerprint density at radius 3 is 0.905 bits per heavy atom. The number of aliphatic hydroxyl groups excluding tert-OH is 2. The number of carbonyl (C=O) groups excluding carboxylic acids is 3. The smallest absolute Gasteiger partial charge is 0.463 e. The molecule has 95 heavy (non-hydrogen) atoms. The molecule has 0 spiro atoms. The normalized spacial score (nSPS) is 14.7. The van der Waals surface area contributed by atoms with Crippen molar-refractivity contribution in [1.82, 2.24) is 0 Å². The van der Waals surface area contributed by atoms with Crippen molar-refractivity contribution >= 4 is 33.6 Å². The molecule has 0 aromatic heterocycles. The monoisotopic (exact) mass is 1380 g/mol. The Labute approximate surface area is 577 Å². The van der Waals surface area contributed by atoms with Crippen LogP contribution >= 0.6 is 15.6 Å². The summed E-state index contributed by atoms with van der Waals surface area (Å²) in [6.45, 7) is 2.52. The van der Waals surface area contributed by atoms with Crippen LogP contribution in [0.4, 0.5) is 0 Å². The predicted molar refractivity (Wildman–Crippen MR) is 390 cm³/mol. The van der Waals surface area contributed by atoms with Crippen molar-refractivity contribution in [1.29, 1.82) is 0 Å². The highest BCUT2D eigenvalue weighted by Gasteiger charge is 2.29. The highest BCUT2D eigenvalue weighted by Crippen LogP contribution is 2.45. The van der Waals surface area contributed by atoms with Crippen LogP contribution in [0, 0.1) is 0 Å². The van der Waals surface area contributed by atoms with Crippen LogP contribution in [0.25, 0.3) is 0 Å². The van der Waals surface area contributed by atoms with Gasteiger partial charge in [0.1, 0.15) is 25.4 Å². The zero-order valence-corrected chi connectivity index (χ0v) is 61.4. The highest BCUT2D eigenvalue weighted by molar-refractivity contribution is 7.47. The molecule has 0 radical (unpaired) electrons. The van der Waals surface area contributed by atoms with Crippen molar-refractivity contribution in [2.24, 2.45) is 0 Å². The fourth-order valence-corrected chi connectivity index (χ4v) is 11.4. The molecule has 0 aliphatic rings. The second-order valence-electron chi connectivity index (χ2n) is 24.7. The van der Waals surface area contributed by atoms with Gasteiger partial charge < -0.3 is 34.2 Å². The first-order valence-corrected chi connectivity index (χ1v) is 40.2. The highest BCUT2D eigenvalue weighted by atomic mass is 31.2. The van der Waals surface area contributed by atoms with Crippen molar-refractivity contribution in [2.75, 3.05) is 39.6 Å². The molecule has 5 unspecified atom stereocenters. The van der Waals surface area contributed by atoms with Gasteiger partial charge in [-0.2, -0.15) is 0 Å². The predicted octanol–water partition coefficient (Wildman–Crippen LogP) is 21.2. The molecule has 16 nitrogen and oxygen atoms in total. The molecule has 0 saturated carbocycles. The molecular weight excluding hydrogens is 1240 g/mol. The summed E-state index contributed by atoms with van der Waals surface area (Å²) in [7, 11) is -9.79. The van der Waals surface area contributed by atoms with Gasteiger partial charge in [0.25, 0.3) is 0 Å². The van der Waals surface area contributed by atoms with Crippen LogP contribution in [-0.2, 0) is 55.8 Å². The van der Waals surface area contributed by atoms with Gasteiger partial charge in [0.15, 0.2) is 6.10 Å². The van der Waals surface area contributed by atoms with Gasteiger partial charge >= 0.3 is 33.6 Å². The van der Waals surface area contributed by atoms with Crippen LogP contribution in [0.3, 0.4) is 0 Å². The maximum Gasteiger partial charge on any atom is 0.472 e. The molecule has 0 saturated heterocycles. The molecule has 0 aliphatic carbocycles. The molecule has 0 aliphatic heterocycles. The van der Waals surface area contributed by atoms with E-state index in [0.29, 0.717) is 19.3 Å². The Morgan fingerprint density at radius 1 is 0.305 bits per heavy atom. The van der Waals surface area contributed by atoms with Gasteiger partial charge in [-0.1, -0.05) is 284 Å². The van der Waals surface area contributed by atoms with Crippen LogP contribution in [0.2, 0.25) is 0 Å². The minimum Gasteiger partial charge on any atom is -0.463 e. The zero-order valence-electron chi connectivity index (χ0n) is 59.6. The first-order valence-electron chi connectivity index (χ1n) is 37.2. The lowest BCUT2D eigenvalue weighted by atomic mass is 10.0. The van der Waals surface area contributed by atoms with Crippen molar-refractivity contribution < 1.29 is 75.8 Å². The second-order valence-corrected chi connectivity index (χ2v) is 27.6. The quantitative estimate of drug-likeness (QED) is 0.0146. The molecule has 0 heterocycles. The maximum absolute atomic E-state index is 13.0. The third-order valence-electron chi connectivity index (χ3n) is 15.5. The van der Waals surface area contributed by atoms with Crippen molar-refractivity contribution in [3.63, 3.8) is 0 Å². The number of carbonyl (C=O) groups is 3. The van der Waals surface area contributed by atoms with Crippen molar-refractivity contribution in [2.45, 2.75) is 322 Å². The Morgan fingerprint density at radius 2 is 0.558 bits per heavy atom. The zero-order chi connectivity index (χ0) is 69.5. The lowest BCUT2D eigenvalue weighted by Gasteiger charge is -2.21. The first-order chi connectivity index (χ1) is 46.2. The fourth-order valence-electron chi connectivity index (χ4n) is 9.82. The molecule has 0 fully saturated rings. The van der Waals surface area contributed by atoms with E-state index in [1.54, 1.807) is 0 Å². The topological polar surface area (TPSA) is 231 Å². The number of hydrogen-bond acceptors (Lipinski definition) is 14. The van der Waals surface area contributed by atoms with E-state index < -0.39 is 91.5 Å². The summed E-state index contributed by atoms with van der Waals surface area (Å²) < 4.78 is 61.0. The molecule has 0 bridgehead atoms. The van der Waals surface area contributed by atoms with Crippen LogP contribution in [-0.4, -0.2) is 95.9 Å². The summed E-state index contributed by atoms with van der Waals surface area (Å²) in [5, 5.41) is 20.6. The largest absolute Gasteiger partial charge is 0.472 e. The third-order valence-corrected chi connectivity index (χ3v) is 17.4.